The van der Waals surface area contributed by atoms with Gasteiger partial charge in [0.15, 0.2) is 5.82 Å². The summed E-state index contributed by atoms with van der Waals surface area (Å²) in [4.78, 5) is 14.0. The minimum absolute atomic E-state index is 0.0482. The lowest BCUT2D eigenvalue weighted by atomic mass is 9.71. The smallest absolute Gasteiger partial charge is 0.317 e. The second-order valence-corrected chi connectivity index (χ2v) is 12.9. The number of halogens is 3. The first-order valence-corrected chi connectivity index (χ1v) is 14.7. The number of nitrogens with zero attached hydrogens (tertiary/aromatic N) is 5. The SMILES string of the molecule is CNC(=O)N1CCc2c(c(NC3=C(F)CC(C)(c4cnn(C)c4)C(C(F)F)=C3)nn2C2CCS(=O)(=O)CC2)C1. The van der Waals surface area contributed by atoms with E-state index in [1.165, 1.54) is 17.9 Å². The van der Waals surface area contributed by atoms with E-state index in [9.17, 15) is 22.0 Å². The Morgan fingerprint density at radius 1 is 1.26 bits per heavy atom. The molecule has 0 saturated carbocycles. The number of allylic oxidation sites excluding steroid dienone is 3. The highest BCUT2D eigenvalue weighted by molar-refractivity contribution is 7.91. The largest absolute Gasteiger partial charge is 0.341 e. The van der Waals surface area contributed by atoms with Gasteiger partial charge in [-0.25, -0.2) is 26.4 Å². The molecular formula is C25H32F3N7O3S. The summed E-state index contributed by atoms with van der Waals surface area (Å²) < 4.78 is 71.5. The summed E-state index contributed by atoms with van der Waals surface area (Å²) in [6.07, 6.45) is 2.36. The van der Waals surface area contributed by atoms with Crippen LogP contribution in [0.25, 0.3) is 0 Å². The Balaban J connectivity index is 1.51. The van der Waals surface area contributed by atoms with Crippen molar-refractivity contribution in [3.8, 4) is 0 Å². The molecule has 0 bridgehead atoms. The lowest BCUT2D eigenvalue weighted by molar-refractivity contribution is 0.166. The number of alkyl halides is 2. The van der Waals surface area contributed by atoms with Gasteiger partial charge in [0.05, 0.1) is 36.0 Å². The monoisotopic (exact) mass is 567 g/mol. The van der Waals surface area contributed by atoms with Gasteiger partial charge < -0.3 is 15.5 Å². The van der Waals surface area contributed by atoms with Crippen LogP contribution >= 0.6 is 0 Å². The average Bonchev–Trinajstić information content (AvgIpc) is 3.49. The molecule has 4 heterocycles. The maximum absolute atomic E-state index is 15.6. The van der Waals surface area contributed by atoms with Crippen LogP contribution in [0.2, 0.25) is 0 Å². The van der Waals surface area contributed by atoms with Gasteiger partial charge in [0.2, 0.25) is 0 Å². The second-order valence-electron chi connectivity index (χ2n) is 10.6. The molecular weight excluding hydrogens is 535 g/mol. The van der Waals surface area contributed by atoms with Crippen LogP contribution in [0.15, 0.2) is 35.6 Å². The maximum atomic E-state index is 15.6. The van der Waals surface area contributed by atoms with E-state index in [2.05, 4.69) is 15.7 Å². The van der Waals surface area contributed by atoms with Crippen LogP contribution in [-0.2, 0) is 35.3 Å². The van der Waals surface area contributed by atoms with Crippen LogP contribution < -0.4 is 10.6 Å². The lowest BCUT2D eigenvalue weighted by Crippen LogP contribution is -2.41. The molecule has 10 nitrogen and oxygen atoms in total. The van der Waals surface area contributed by atoms with Crippen molar-refractivity contribution < 1.29 is 26.4 Å². The number of amides is 2. The molecule has 39 heavy (non-hydrogen) atoms. The zero-order chi connectivity index (χ0) is 28.1. The number of rotatable bonds is 5. The Morgan fingerprint density at radius 3 is 2.59 bits per heavy atom. The van der Waals surface area contributed by atoms with Crippen molar-refractivity contribution in [3.63, 3.8) is 0 Å². The fraction of sp³-hybridized carbons (Fsp3) is 0.560. The van der Waals surface area contributed by atoms with E-state index in [4.69, 9.17) is 5.10 Å². The predicted molar refractivity (Wildman–Crippen MR) is 139 cm³/mol. The Labute approximate surface area is 224 Å². The predicted octanol–water partition coefficient (Wildman–Crippen LogP) is 3.21. The van der Waals surface area contributed by atoms with Crippen LogP contribution in [0.3, 0.4) is 0 Å². The third kappa shape index (κ3) is 5.06. The van der Waals surface area contributed by atoms with E-state index in [1.807, 2.05) is 0 Å². The van der Waals surface area contributed by atoms with E-state index in [0.717, 1.165) is 11.8 Å². The van der Waals surface area contributed by atoms with Crippen LogP contribution in [-0.4, -0.2) is 70.4 Å². The van der Waals surface area contributed by atoms with E-state index in [1.54, 1.807) is 29.7 Å². The number of carbonyl (C=O) groups is 1. The topological polar surface area (TPSA) is 114 Å². The van der Waals surface area contributed by atoms with Gasteiger partial charge >= 0.3 is 6.03 Å². The minimum atomic E-state index is -3.10. The van der Waals surface area contributed by atoms with Gasteiger partial charge in [-0.05, 0) is 18.9 Å². The molecule has 1 saturated heterocycles. The van der Waals surface area contributed by atoms with Gasteiger partial charge in [0.25, 0.3) is 6.43 Å². The Hall–Kier alpha value is -3.29. The number of hydrogen-bond acceptors (Lipinski definition) is 6. The van der Waals surface area contributed by atoms with Crippen LogP contribution in [0.4, 0.5) is 23.8 Å². The first-order chi connectivity index (χ1) is 18.4. The molecule has 14 heteroatoms. The summed E-state index contributed by atoms with van der Waals surface area (Å²) in [5.74, 6) is -0.233. The molecule has 2 aliphatic heterocycles. The number of hydrogen-bond donors (Lipinski definition) is 2. The van der Waals surface area contributed by atoms with E-state index >= 15 is 4.39 Å². The lowest BCUT2D eigenvalue weighted by Gasteiger charge is -2.34. The van der Waals surface area contributed by atoms with Crippen molar-refractivity contribution in [2.24, 2.45) is 7.05 Å². The standard InChI is InChI=1S/C25H32F3N7O3S/c1-25(15-12-30-33(3)13-15)11-19(26)20(10-18(25)22(27)28)31-23-17-14-34(24(36)29-2)7-4-21(17)35(32-23)16-5-8-39(37,38)9-6-16/h10,12-13,16,22H,4-9,11,14H2,1-3H3,(H,29,36)(H,31,32). The van der Waals surface area contributed by atoms with Gasteiger partial charge in [-0.1, -0.05) is 6.92 Å². The second kappa shape index (κ2) is 10.0. The minimum Gasteiger partial charge on any atom is -0.341 e. The first kappa shape index (κ1) is 27.3. The number of carbonyl (C=O) groups excluding carboxylic acids is 1. The molecule has 0 radical (unpaired) electrons. The molecule has 0 spiro atoms. The zero-order valence-electron chi connectivity index (χ0n) is 22.0. The molecule has 1 fully saturated rings. The summed E-state index contributed by atoms with van der Waals surface area (Å²) >= 11 is 0. The fourth-order valence-corrected chi connectivity index (χ4v) is 7.18. The Kier molecular flexibility index (Phi) is 7.02. The highest BCUT2D eigenvalue weighted by Crippen LogP contribution is 2.45. The molecule has 1 aliphatic carbocycles. The molecule has 3 aliphatic rings. The maximum Gasteiger partial charge on any atom is 0.317 e. The van der Waals surface area contributed by atoms with Gasteiger partial charge in [0, 0.05) is 67.5 Å². The molecule has 2 aromatic heterocycles. The van der Waals surface area contributed by atoms with Gasteiger partial charge in [-0.3, -0.25) is 9.36 Å². The summed E-state index contributed by atoms with van der Waals surface area (Å²) in [7, 11) is 0.101. The quantitative estimate of drug-likeness (QED) is 0.574. The number of sulfone groups is 1. The van der Waals surface area contributed by atoms with Crippen molar-refractivity contribution >= 4 is 21.7 Å². The van der Waals surface area contributed by atoms with Crippen molar-refractivity contribution in [3.05, 3.63) is 52.4 Å². The first-order valence-electron chi connectivity index (χ1n) is 12.8. The van der Waals surface area contributed by atoms with E-state index in [0.29, 0.717) is 36.9 Å². The third-order valence-corrected chi connectivity index (χ3v) is 9.74. The average molecular weight is 568 g/mol. The summed E-state index contributed by atoms with van der Waals surface area (Å²) in [5, 5.41) is 14.3. The summed E-state index contributed by atoms with van der Waals surface area (Å²) in [5.41, 5.74) is 0.351. The van der Waals surface area contributed by atoms with Gasteiger partial charge in [0.1, 0.15) is 15.7 Å². The van der Waals surface area contributed by atoms with Crippen molar-refractivity contribution in [1.29, 1.82) is 0 Å². The highest BCUT2D eigenvalue weighted by Gasteiger charge is 2.42. The fourth-order valence-electron chi connectivity index (χ4n) is 5.71. The zero-order valence-corrected chi connectivity index (χ0v) is 22.9. The van der Waals surface area contributed by atoms with E-state index in [-0.39, 0.29) is 53.6 Å². The molecule has 2 N–H and O–H groups in total. The number of aryl methyl sites for hydroxylation is 1. The number of urea groups is 1. The number of fused-ring (bicyclic) bond motifs is 1. The highest BCUT2D eigenvalue weighted by atomic mass is 32.2. The molecule has 2 amide bonds. The van der Waals surface area contributed by atoms with Crippen LogP contribution in [0.5, 0.6) is 0 Å². The molecule has 2 aromatic rings. The molecule has 212 valence electrons. The number of nitrogens with one attached hydrogen (secondary N) is 2. The summed E-state index contributed by atoms with van der Waals surface area (Å²) in [6, 6.07) is -0.450. The molecule has 1 atom stereocenters. The Bertz CT molecular complexity index is 1450. The molecule has 5 rings (SSSR count). The van der Waals surface area contributed by atoms with Crippen molar-refractivity contribution in [2.75, 3.05) is 30.4 Å². The molecule has 1 unspecified atom stereocenters. The van der Waals surface area contributed by atoms with Crippen molar-refractivity contribution in [2.45, 2.75) is 57.0 Å². The van der Waals surface area contributed by atoms with Gasteiger partial charge in [-0.15, -0.1) is 0 Å². The normalized spacial score (nSPS) is 23.6. The van der Waals surface area contributed by atoms with Crippen LogP contribution in [0.1, 0.15) is 49.0 Å². The number of aromatic nitrogens is 4. The third-order valence-electron chi connectivity index (χ3n) is 8.03. The number of anilines is 1. The molecule has 0 aromatic carbocycles. The van der Waals surface area contributed by atoms with E-state index < -0.39 is 27.5 Å². The summed E-state index contributed by atoms with van der Waals surface area (Å²) in [6.45, 7) is 2.20. The van der Waals surface area contributed by atoms with Gasteiger partial charge in [-0.2, -0.15) is 10.2 Å². The Morgan fingerprint density at radius 2 is 1.97 bits per heavy atom. The van der Waals surface area contributed by atoms with Crippen LogP contribution in [0, 0.1) is 0 Å². The van der Waals surface area contributed by atoms with Crippen molar-refractivity contribution in [1.82, 2.24) is 29.8 Å².